The van der Waals surface area contributed by atoms with Gasteiger partial charge in [-0.1, -0.05) is 24.6 Å². The maximum absolute atomic E-state index is 14.0. The Balaban J connectivity index is 1.36. The summed E-state index contributed by atoms with van der Waals surface area (Å²) in [6.45, 7) is 0. The molecule has 2 amide bonds. The van der Waals surface area contributed by atoms with E-state index < -0.39 is 5.97 Å². The van der Waals surface area contributed by atoms with Crippen molar-refractivity contribution in [2.75, 3.05) is 4.90 Å². The Morgan fingerprint density at radius 3 is 2.43 bits per heavy atom. The third kappa shape index (κ3) is 4.30. The molecule has 0 unspecified atom stereocenters. The molecule has 190 valence electrons. The number of hydrogen-bond acceptors (Lipinski definition) is 4. The first-order chi connectivity index (χ1) is 18.0. The fourth-order valence-corrected chi connectivity index (χ4v) is 6.24. The zero-order valence-corrected chi connectivity index (χ0v) is 20.6. The van der Waals surface area contributed by atoms with Gasteiger partial charge in [0.1, 0.15) is 0 Å². The van der Waals surface area contributed by atoms with Gasteiger partial charge in [-0.05, 0) is 67.6 Å². The van der Waals surface area contributed by atoms with Gasteiger partial charge in [-0.3, -0.25) is 14.4 Å². The molecule has 3 aromatic rings. The lowest BCUT2D eigenvalue weighted by Gasteiger charge is -2.48. The molecule has 0 saturated heterocycles. The monoisotopic (exact) mass is 498 g/mol. The average molecular weight is 499 g/mol. The molecule has 2 aromatic carbocycles. The van der Waals surface area contributed by atoms with Crippen LogP contribution in [0, 0.1) is 5.92 Å². The summed E-state index contributed by atoms with van der Waals surface area (Å²) in [6, 6.07) is 17.3. The molecule has 6 rings (SSSR count). The number of fused-ring (bicyclic) bond motifs is 2. The van der Waals surface area contributed by atoms with Crippen LogP contribution in [-0.2, 0) is 9.59 Å². The van der Waals surface area contributed by atoms with Crippen LogP contribution < -0.4 is 4.90 Å². The summed E-state index contributed by atoms with van der Waals surface area (Å²) >= 11 is 0. The number of nitrogens with zero attached hydrogens (tertiary/aromatic N) is 4. The molecule has 1 aromatic heterocycles. The predicted octanol–water partition coefficient (Wildman–Crippen LogP) is 4.60. The van der Waals surface area contributed by atoms with Crippen LogP contribution in [-0.4, -0.2) is 49.7 Å². The lowest BCUT2D eigenvalue weighted by Crippen LogP contribution is -2.52. The lowest BCUT2D eigenvalue weighted by atomic mass is 9.81. The van der Waals surface area contributed by atoms with E-state index in [1.54, 1.807) is 10.9 Å². The van der Waals surface area contributed by atoms with E-state index in [-0.39, 0.29) is 48.7 Å². The van der Waals surface area contributed by atoms with E-state index >= 15 is 0 Å². The van der Waals surface area contributed by atoms with Crippen molar-refractivity contribution in [3.8, 4) is 5.69 Å². The molecular formula is C29H30N4O4. The smallest absolute Gasteiger partial charge is 0.303 e. The second-order valence-corrected chi connectivity index (χ2v) is 10.3. The Bertz CT molecular complexity index is 1320. The second kappa shape index (κ2) is 9.50. The Morgan fingerprint density at radius 2 is 1.73 bits per heavy atom. The number of carbonyl (C=O) groups is 3. The van der Waals surface area contributed by atoms with E-state index in [9.17, 15) is 19.5 Å². The third-order valence-corrected chi connectivity index (χ3v) is 7.97. The van der Waals surface area contributed by atoms with Crippen molar-refractivity contribution in [2.45, 2.75) is 63.1 Å². The van der Waals surface area contributed by atoms with Gasteiger partial charge < -0.3 is 14.9 Å². The Kier molecular flexibility index (Phi) is 6.02. The first kappa shape index (κ1) is 23.5. The van der Waals surface area contributed by atoms with Crippen molar-refractivity contribution < 1.29 is 19.5 Å². The van der Waals surface area contributed by atoms with Gasteiger partial charge in [-0.15, -0.1) is 0 Å². The first-order valence-corrected chi connectivity index (χ1v) is 13.1. The molecule has 1 N–H and O–H groups in total. The van der Waals surface area contributed by atoms with Gasteiger partial charge in [0.25, 0.3) is 5.91 Å². The highest BCUT2D eigenvalue weighted by Crippen LogP contribution is 2.52. The highest BCUT2D eigenvalue weighted by atomic mass is 16.4. The van der Waals surface area contributed by atoms with Crippen molar-refractivity contribution >= 4 is 23.5 Å². The van der Waals surface area contributed by atoms with Gasteiger partial charge >= 0.3 is 5.97 Å². The summed E-state index contributed by atoms with van der Waals surface area (Å²) in [5, 5.41) is 13.4. The van der Waals surface area contributed by atoms with E-state index in [2.05, 4.69) is 5.10 Å². The molecule has 2 aliphatic carbocycles. The summed E-state index contributed by atoms with van der Waals surface area (Å²) in [5.41, 5.74) is 3.35. The van der Waals surface area contributed by atoms with Crippen molar-refractivity contribution in [2.24, 2.45) is 5.92 Å². The molecule has 8 heteroatoms. The minimum absolute atomic E-state index is 0.00708. The average Bonchev–Trinajstić information content (AvgIpc) is 3.37. The summed E-state index contributed by atoms with van der Waals surface area (Å²) < 4.78 is 1.76. The van der Waals surface area contributed by atoms with Crippen molar-refractivity contribution in [1.82, 2.24) is 14.7 Å². The maximum Gasteiger partial charge on any atom is 0.303 e. The van der Waals surface area contributed by atoms with Gasteiger partial charge in [0, 0.05) is 48.1 Å². The quantitative estimate of drug-likeness (QED) is 0.514. The number of carboxylic acid groups (broad SMARTS) is 1. The molecule has 0 spiro atoms. The summed E-state index contributed by atoms with van der Waals surface area (Å²) in [5.74, 6) is -0.965. The summed E-state index contributed by atoms with van der Waals surface area (Å²) in [4.78, 5) is 42.5. The van der Waals surface area contributed by atoms with Gasteiger partial charge in [0.2, 0.25) is 5.91 Å². The van der Waals surface area contributed by atoms with Crippen LogP contribution in [0.1, 0.15) is 66.9 Å². The molecule has 3 atom stereocenters. The number of amides is 2. The molecule has 0 radical (unpaired) electrons. The van der Waals surface area contributed by atoms with Gasteiger partial charge in [0.05, 0.1) is 18.2 Å². The number of anilines is 1. The molecule has 2 saturated carbocycles. The molecule has 2 heterocycles. The van der Waals surface area contributed by atoms with Crippen molar-refractivity contribution in [3.63, 3.8) is 0 Å². The van der Waals surface area contributed by atoms with E-state index in [1.165, 1.54) is 0 Å². The molecule has 1 aliphatic heterocycles. The van der Waals surface area contributed by atoms with Crippen LogP contribution in [0.2, 0.25) is 0 Å². The van der Waals surface area contributed by atoms with E-state index in [0.717, 1.165) is 49.0 Å². The number of carboxylic acids is 1. The van der Waals surface area contributed by atoms with Crippen LogP contribution in [0.4, 0.5) is 5.69 Å². The largest absolute Gasteiger partial charge is 0.481 e. The van der Waals surface area contributed by atoms with Gasteiger partial charge in [-0.25, -0.2) is 4.68 Å². The number of para-hydroxylation sites is 1. The minimum atomic E-state index is -0.956. The number of aliphatic carboxylic acids is 1. The Labute approximate surface area is 215 Å². The van der Waals surface area contributed by atoms with E-state index in [4.69, 9.17) is 0 Å². The number of carbonyl (C=O) groups excluding carboxylic acids is 2. The number of benzene rings is 2. The topological polar surface area (TPSA) is 95.7 Å². The van der Waals surface area contributed by atoms with Gasteiger partial charge in [0.15, 0.2) is 0 Å². The molecule has 8 nitrogen and oxygen atoms in total. The predicted molar refractivity (Wildman–Crippen MR) is 137 cm³/mol. The zero-order valence-electron chi connectivity index (χ0n) is 20.6. The highest BCUT2D eigenvalue weighted by Gasteiger charge is 2.51. The van der Waals surface area contributed by atoms with Crippen molar-refractivity contribution in [1.29, 1.82) is 0 Å². The summed E-state index contributed by atoms with van der Waals surface area (Å²) in [7, 11) is 0. The van der Waals surface area contributed by atoms with E-state index in [0.29, 0.717) is 5.56 Å². The molecule has 0 bridgehead atoms. The number of rotatable bonds is 7. The Morgan fingerprint density at radius 1 is 0.946 bits per heavy atom. The lowest BCUT2D eigenvalue weighted by molar-refractivity contribution is -0.142. The molecule has 37 heavy (non-hydrogen) atoms. The van der Waals surface area contributed by atoms with E-state index in [1.807, 2.05) is 70.6 Å². The summed E-state index contributed by atoms with van der Waals surface area (Å²) in [6.07, 6.45) is 8.12. The fraction of sp³-hybridized carbons (Fsp3) is 0.379. The Hall–Kier alpha value is -3.94. The van der Waals surface area contributed by atoms with Crippen LogP contribution >= 0.6 is 0 Å². The molecule has 3 aliphatic rings. The minimum Gasteiger partial charge on any atom is -0.481 e. The third-order valence-electron chi connectivity index (χ3n) is 7.97. The molecule has 2 fully saturated rings. The van der Waals surface area contributed by atoms with Crippen molar-refractivity contribution in [3.05, 3.63) is 78.1 Å². The first-order valence-electron chi connectivity index (χ1n) is 13.1. The molecular weight excluding hydrogens is 468 g/mol. The zero-order chi connectivity index (χ0) is 25.5. The van der Waals surface area contributed by atoms with Crippen LogP contribution in [0.5, 0.6) is 0 Å². The normalized spacial score (nSPS) is 22.3. The number of hydrogen-bond donors (Lipinski definition) is 1. The SMILES string of the molecule is O=C(O)CCC(=O)N(C1CC1)[C@H]1c2ccccc2N(C(=O)c2ccc(-n3cccn3)cc2)[C@@H]2CCC[C@@H]21. The van der Waals surface area contributed by atoms with Gasteiger partial charge in [-0.2, -0.15) is 5.10 Å². The standard InChI is InChI=1S/C29H30N4O4/c34-26(15-16-27(35)36)32(21-13-14-21)28-22-5-1-2-7-24(22)33(25-8-3-6-23(25)28)29(37)19-9-11-20(12-10-19)31-18-4-17-30-31/h1-2,4-5,7,9-12,17-18,21,23,25,28H,3,6,8,13-16H2,(H,35,36)/t23-,25+,28-/m0/s1. The highest BCUT2D eigenvalue weighted by molar-refractivity contribution is 6.07. The maximum atomic E-state index is 14.0. The number of aromatic nitrogens is 2. The van der Waals surface area contributed by atoms with Crippen LogP contribution in [0.3, 0.4) is 0 Å². The second-order valence-electron chi connectivity index (χ2n) is 10.3. The van der Waals surface area contributed by atoms with Crippen LogP contribution in [0.15, 0.2) is 67.0 Å². The fourth-order valence-electron chi connectivity index (χ4n) is 6.24. The van der Waals surface area contributed by atoms with Crippen LogP contribution in [0.25, 0.3) is 5.69 Å².